The van der Waals surface area contributed by atoms with E-state index in [9.17, 15) is 8.78 Å². The van der Waals surface area contributed by atoms with Crippen LogP contribution in [0.4, 0.5) is 8.78 Å². The summed E-state index contributed by atoms with van der Waals surface area (Å²) in [4.78, 5) is 13.2. The van der Waals surface area contributed by atoms with E-state index < -0.39 is 6.55 Å². The fourth-order valence-corrected chi connectivity index (χ4v) is 3.74. The number of halogens is 2. The number of hydrogen-bond donors (Lipinski definition) is 0. The minimum absolute atomic E-state index is 0.286. The summed E-state index contributed by atoms with van der Waals surface area (Å²) < 4.78 is 29.8. The molecule has 0 radical (unpaired) electrons. The summed E-state index contributed by atoms with van der Waals surface area (Å²) in [6.07, 6.45) is 1.89. The number of benzene rings is 1. The van der Waals surface area contributed by atoms with Gasteiger partial charge in [-0.2, -0.15) is 8.78 Å². The summed E-state index contributed by atoms with van der Waals surface area (Å²) in [6.45, 7) is 1.26. The molecule has 4 rings (SSSR count). The number of para-hydroxylation sites is 2. The zero-order chi connectivity index (χ0) is 17.6. The van der Waals surface area contributed by atoms with E-state index in [2.05, 4.69) is 15.0 Å². The first kappa shape index (κ1) is 16.0. The minimum Gasteiger partial charge on any atom is -0.288 e. The molecule has 25 heavy (non-hydrogen) atoms. The average molecular weight is 359 g/mol. The average Bonchev–Trinajstić information content (AvgIpc) is 3.13. The summed E-state index contributed by atoms with van der Waals surface area (Å²) >= 11 is 1.25. The Labute approximate surface area is 146 Å². The van der Waals surface area contributed by atoms with Crippen molar-refractivity contribution in [1.29, 1.82) is 0 Å². The zero-order valence-corrected chi connectivity index (χ0v) is 14.5. The highest BCUT2D eigenvalue weighted by Gasteiger charge is 2.18. The van der Waals surface area contributed by atoms with Crippen molar-refractivity contribution >= 4 is 28.6 Å². The number of rotatable bonds is 4. The second-order valence-electron chi connectivity index (χ2n) is 5.76. The molecular formula is C17H15F2N5S. The van der Waals surface area contributed by atoms with E-state index >= 15 is 0 Å². The molecule has 3 aromatic heterocycles. The SMILES string of the molecule is Cc1cc(C)n2cc(CSc3nc4ccccc4n3C(F)F)nc2n1. The first-order valence-electron chi connectivity index (χ1n) is 7.73. The molecular weight excluding hydrogens is 344 g/mol. The van der Waals surface area contributed by atoms with Crippen LogP contribution < -0.4 is 0 Å². The molecule has 0 amide bonds. The summed E-state index contributed by atoms with van der Waals surface area (Å²) in [7, 11) is 0. The molecule has 0 saturated heterocycles. The Morgan fingerprint density at radius 3 is 2.72 bits per heavy atom. The van der Waals surface area contributed by atoms with Crippen molar-refractivity contribution in [3.63, 3.8) is 0 Å². The summed E-state index contributed by atoms with van der Waals surface area (Å²) in [5, 5.41) is 0.286. The molecule has 0 atom stereocenters. The van der Waals surface area contributed by atoms with Crippen LogP contribution in [-0.4, -0.2) is 23.9 Å². The molecule has 0 N–H and O–H groups in total. The highest BCUT2D eigenvalue weighted by Crippen LogP contribution is 2.30. The summed E-state index contributed by atoms with van der Waals surface area (Å²) in [5.74, 6) is 1.06. The number of hydrogen-bond acceptors (Lipinski definition) is 4. The van der Waals surface area contributed by atoms with E-state index in [-0.39, 0.29) is 5.16 Å². The molecule has 0 unspecified atom stereocenters. The third-order valence-electron chi connectivity index (χ3n) is 3.92. The molecule has 128 valence electrons. The van der Waals surface area contributed by atoms with Gasteiger partial charge < -0.3 is 0 Å². The Kier molecular flexibility index (Phi) is 3.91. The monoisotopic (exact) mass is 359 g/mol. The number of nitrogens with zero attached hydrogens (tertiary/aromatic N) is 5. The van der Waals surface area contributed by atoms with Crippen LogP contribution in [0.5, 0.6) is 0 Å². The molecule has 5 nitrogen and oxygen atoms in total. The van der Waals surface area contributed by atoms with Crippen molar-refractivity contribution in [3.05, 3.63) is 53.6 Å². The molecule has 0 spiro atoms. The number of aromatic nitrogens is 5. The standard InChI is InChI=1S/C17H15F2N5S/c1-10-7-11(2)23-8-12(21-16(23)20-10)9-25-17-22-13-5-3-4-6-14(13)24(17)15(18)19/h3-8,15H,9H2,1-2H3. The summed E-state index contributed by atoms with van der Waals surface area (Å²) in [6, 6.07) is 8.88. The van der Waals surface area contributed by atoms with Gasteiger partial charge in [0.15, 0.2) is 5.16 Å². The van der Waals surface area contributed by atoms with Gasteiger partial charge in [0.05, 0.1) is 16.7 Å². The van der Waals surface area contributed by atoms with Gasteiger partial charge in [0.1, 0.15) is 0 Å². The topological polar surface area (TPSA) is 48.0 Å². The number of thioether (sulfide) groups is 1. The van der Waals surface area contributed by atoms with E-state index in [1.54, 1.807) is 24.3 Å². The smallest absolute Gasteiger partial charge is 0.288 e. The predicted octanol–water partition coefficient (Wildman–Crippen LogP) is 4.38. The number of imidazole rings is 2. The zero-order valence-electron chi connectivity index (χ0n) is 13.6. The Bertz CT molecular complexity index is 1070. The number of aryl methyl sites for hydroxylation is 2. The van der Waals surface area contributed by atoms with Crippen LogP contribution in [-0.2, 0) is 5.75 Å². The molecule has 4 aromatic rings. The maximum atomic E-state index is 13.5. The van der Waals surface area contributed by atoms with Crippen LogP contribution in [0.15, 0.2) is 41.7 Å². The molecule has 3 heterocycles. The van der Waals surface area contributed by atoms with Crippen LogP contribution in [0.2, 0.25) is 0 Å². The van der Waals surface area contributed by atoms with Gasteiger partial charge in [0.2, 0.25) is 5.78 Å². The van der Waals surface area contributed by atoms with Gasteiger partial charge in [-0.15, -0.1) is 0 Å². The summed E-state index contributed by atoms with van der Waals surface area (Å²) in [5.41, 5.74) is 3.70. The maximum absolute atomic E-state index is 13.5. The lowest BCUT2D eigenvalue weighted by molar-refractivity contribution is 0.0656. The third kappa shape index (κ3) is 2.86. The lowest BCUT2D eigenvalue weighted by Gasteiger charge is -2.06. The third-order valence-corrected chi connectivity index (χ3v) is 4.91. The Balaban J connectivity index is 1.66. The van der Waals surface area contributed by atoms with Gasteiger partial charge in [0.25, 0.3) is 0 Å². The Hall–Kier alpha value is -2.48. The van der Waals surface area contributed by atoms with Crippen LogP contribution in [0.3, 0.4) is 0 Å². The second kappa shape index (κ2) is 6.11. The minimum atomic E-state index is -2.64. The molecule has 8 heteroatoms. The lowest BCUT2D eigenvalue weighted by atomic mass is 10.3. The van der Waals surface area contributed by atoms with Crippen molar-refractivity contribution < 1.29 is 8.78 Å². The number of alkyl halides is 2. The molecule has 0 saturated carbocycles. The van der Waals surface area contributed by atoms with E-state index in [1.807, 2.05) is 30.5 Å². The van der Waals surface area contributed by atoms with Crippen LogP contribution in [0.25, 0.3) is 16.8 Å². The van der Waals surface area contributed by atoms with Gasteiger partial charge in [0, 0.05) is 23.3 Å². The Morgan fingerprint density at radius 1 is 1.12 bits per heavy atom. The van der Waals surface area contributed by atoms with Gasteiger partial charge in [-0.1, -0.05) is 23.9 Å². The van der Waals surface area contributed by atoms with Crippen LogP contribution >= 0.6 is 11.8 Å². The highest BCUT2D eigenvalue weighted by molar-refractivity contribution is 7.98. The van der Waals surface area contributed by atoms with Gasteiger partial charge >= 0.3 is 6.55 Å². The quantitative estimate of drug-likeness (QED) is 0.507. The lowest BCUT2D eigenvalue weighted by Crippen LogP contribution is -2.00. The van der Waals surface area contributed by atoms with Crippen molar-refractivity contribution in [2.75, 3.05) is 0 Å². The van der Waals surface area contributed by atoms with E-state index in [4.69, 9.17) is 0 Å². The fraction of sp³-hybridized carbons (Fsp3) is 0.235. The molecule has 0 aliphatic rings. The Morgan fingerprint density at radius 2 is 1.92 bits per heavy atom. The van der Waals surface area contributed by atoms with E-state index in [0.29, 0.717) is 22.6 Å². The predicted molar refractivity (Wildman–Crippen MR) is 93.0 cm³/mol. The van der Waals surface area contributed by atoms with Gasteiger partial charge in [-0.3, -0.25) is 8.97 Å². The first-order valence-corrected chi connectivity index (χ1v) is 8.71. The van der Waals surface area contributed by atoms with Gasteiger partial charge in [-0.25, -0.2) is 15.0 Å². The first-order chi connectivity index (χ1) is 12.0. The van der Waals surface area contributed by atoms with E-state index in [0.717, 1.165) is 21.6 Å². The van der Waals surface area contributed by atoms with Crippen LogP contribution in [0, 0.1) is 13.8 Å². The molecule has 0 aliphatic carbocycles. The normalized spacial score (nSPS) is 11.9. The van der Waals surface area contributed by atoms with E-state index in [1.165, 1.54) is 11.8 Å². The largest absolute Gasteiger partial charge is 0.321 e. The van der Waals surface area contributed by atoms with Crippen molar-refractivity contribution in [2.24, 2.45) is 0 Å². The molecule has 0 bridgehead atoms. The van der Waals surface area contributed by atoms with Crippen molar-refractivity contribution in [2.45, 2.75) is 31.3 Å². The highest BCUT2D eigenvalue weighted by atomic mass is 32.2. The number of fused-ring (bicyclic) bond motifs is 2. The fourth-order valence-electron chi connectivity index (χ4n) is 2.84. The van der Waals surface area contributed by atoms with Crippen LogP contribution in [0.1, 0.15) is 23.6 Å². The molecule has 1 aromatic carbocycles. The van der Waals surface area contributed by atoms with Crippen molar-refractivity contribution in [1.82, 2.24) is 23.9 Å². The molecule has 0 fully saturated rings. The van der Waals surface area contributed by atoms with Gasteiger partial charge in [-0.05, 0) is 32.0 Å². The second-order valence-corrected chi connectivity index (χ2v) is 6.70. The maximum Gasteiger partial charge on any atom is 0.321 e. The van der Waals surface area contributed by atoms with Crippen molar-refractivity contribution in [3.8, 4) is 0 Å². The molecule has 0 aliphatic heterocycles.